The Morgan fingerprint density at radius 2 is 1.73 bits per heavy atom. The van der Waals surface area contributed by atoms with Gasteiger partial charge in [0, 0.05) is 17.6 Å². The predicted octanol–water partition coefficient (Wildman–Crippen LogP) is 3.18. The number of anilines is 2. The summed E-state index contributed by atoms with van der Waals surface area (Å²) in [5.74, 6) is -1.14. The van der Waals surface area contributed by atoms with Crippen LogP contribution >= 0.6 is 11.3 Å². The summed E-state index contributed by atoms with van der Waals surface area (Å²) in [7, 11) is 0. The molecule has 0 aliphatic rings. The van der Waals surface area contributed by atoms with Crippen LogP contribution in [0.1, 0.15) is 16.1 Å². The van der Waals surface area contributed by atoms with E-state index >= 15 is 0 Å². The van der Waals surface area contributed by atoms with Gasteiger partial charge in [0.05, 0.1) is 0 Å². The maximum Gasteiger partial charge on any atom is 0.341 e. The Hall–Kier alpha value is -3.92. The topological polar surface area (TPSA) is 130 Å². The van der Waals surface area contributed by atoms with E-state index in [9.17, 15) is 14.4 Å². The van der Waals surface area contributed by atoms with Crippen molar-refractivity contribution in [1.82, 2.24) is 10.3 Å². The first-order valence-corrected chi connectivity index (χ1v) is 9.68. The SMILES string of the molecule is O=C(O)COc1ccc(NC(=O)c2csc(NC(=O)NCc3ccccc3)n2)cc1. The highest BCUT2D eigenvalue weighted by Gasteiger charge is 2.13. The Kier molecular flexibility index (Phi) is 6.95. The number of carbonyl (C=O) groups excluding carboxylic acids is 2. The largest absolute Gasteiger partial charge is 0.482 e. The third-order valence-electron chi connectivity index (χ3n) is 3.73. The lowest BCUT2D eigenvalue weighted by molar-refractivity contribution is -0.139. The van der Waals surface area contributed by atoms with Gasteiger partial charge in [-0.05, 0) is 29.8 Å². The van der Waals surface area contributed by atoms with E-state index in [4.69, 9.17) is 9.84 Å². The molecule has 0 spiro atoms. The third kappa shape index (κ3) is 6.31. The molecule has 0 bridgehead atoms. The standard InChI is InChI=1S/C20H18N4O5S/c25-17(26)11-29-15-8-6-14(7-9-15)22-18(27)16-12-30-20(23-16)24-19(28)21-10-13-4-2-1-3-5-13/h1-9,12H,10-11H2,(H,22,27)(H,25,26)(H2,21,23,24,28). The molecule has 9 nitrogen and oxygen atoms in total. The zero-order chi connectivity index (χ0) is 21.3. The summed E-state index contributed by atoms with van der Waals surface area (Å²) in [6, 6.07) is 15.3. The van der Waals surface area contributed by atoms with Crippen molar-refractivity contribution in [2.45, 2.75) is 6.54 Å². The van der Waals surface area contributed by atoms with E-state index in [-0.39, 0.29) is 5.69 Å². The molecule has 3 amide bonds. The van der Waals surface area contributed by atoms with Crippen LogP contribution < -0.4 is 20.7 Å². The molecule has 3 rings (SSSR count). The summed E-state index contributed by atoms with van der Waals surface area (Å²) in [4.78, 5) is 38.9. The number of hydrogen-bond acceptors (Lipinski definition) is 6. The average Bonchev–Trinajstić information content (AvgIpc) is 3.21. The number of urea groups is 1. The number of nitrogens with zero attached hydrogens (tertiary/aromatic N) is 1. The molecule has 3 aromatic rings. The number of ether oxygens (including phenoxy) is 1. The van der Waals surface area contributed by atoms with Gasteiger partial charge >= 0.3 is 12.0 Å². The fourth-order valence-electron chi connectivity index (χ4n) is 2.33. The minimum Gasteiger partial charge on any atom is -0.482 e. The molecule has 0 fully saturated rings. The zero-order valence-corrected chi connectivity index (χ0v) is 16.4. The van der Waals surface area contributed by atoms with Gasteiger partial charge in [-0.3, -0.25) is 10.1 Å². The van der Waals surface area contributed by atoms with Crippen molar-refractivity contribution in [2.24, 2.45) is 0 Å². The minimum atomic E-state index is -1.07. The quantitative estimate of drug-likeness (QED) is 0.438. The van der Waals surface area contributed by atoms with Crippen molar-refractivity contribution in [3.05, 3.63) is 71.2 Å². The van der Waals surface area contributed by atoms with E-state index in [0.717, 1.165) is 16.9 Å². The van der Waals surface area contributed by atoms with Crippen molar-refractivity contribution in [3.8, 4) is 5.75 Å². The number of carboxylic acid groups (broad SMARTS) is 1. The summed E-state index contributed by atoms with van der Waals surface area (Å²) < 4.78 is 5.03. The molecule has 1 heterocycles. The Morgan fingerprint density at radius 1 is 1.00 bits per heavy atom. The average molecular weight is 426 g/mol. The molecule has 0 radical (unpaired) electrons. The zero-order valence-electron chi connectivity index (χ0n) is 15.6. The molecule has 0 unspecified atom stereocenters. The molecule has 2 aromatic carbocycles. The minimum absolute atomic E-state index is 0.157. The predicted molar refractivity (Wildman–Crippen MR) is 112 cm³/mol. The smallest absolute Gasteiger partial charge is 0.341 e. The van der Waals surface area contributed by atoms with E-state index in [1.807, 2.05) is 30.3 Å². The van der Waals surface area contributed by atoms with Gasteiger partial charge in [0.25, 0.3) is 5.91 Å². The lowest BCUT2D eigenvalue weighted by atomic mass is 10.2. The molecular formula is C20H18N4O5S. The van der Waals surface area contributed by atoms with Crippen LogP contribution in [0.2, 0.25) is 0 Å². The maximum absolute atomic E-state index is 12.3. The number of thiazole rings is 1. The highest BCUT2D eigenvalue weighted by molar-refractivity contribution is 7.14. The van der Waals surface area contributed by atoms with Crippen LogP contribution in [0.5, 0.6) is 5.75 Å². The van der Waals surface area contributed by atoms with Gasteiger partial charge in [-0.15, -0.1) is 11.3 Å². The van der Waals surface area contributed by atoms with Crippen LogP contribution in [0.4, 0.5) is 15.6 Å². The van der Waals surface area contributed by atoms with Crippen LogP contribution in [0, 0.1) is 0 Å². The van der Waals surface area contributed by atoms with Gasteiger partial charge in [-0.25, -0.2) is 14.6 Å². The van der Waals surface area contributed by atoms with E-state index < -0.39 is 24.5 Å². The highest BCUT2D eigenvalue weighted by atomic mass is 32.1. The van der Waals surface area contributed by atoms with Crippen LogP contribution in [0.3, 0.4) is 0 Å². The maximum atomic E-state index is 12.3. The fourth-order valence-corrected chi connectivity index (χ4v) is 3.02. The molecule has 1 aromatic heterocycles. The number of carbonyl (C=O) groups is 3. The number of amides is 3. The number of rotatable bonds is 8. The van der Waals surface area contributed by atoms with Crippen molar-refractivity contribution in [1.29, 1.82) is 0 Å². The first-order chi connectivity index (χ1) is 14.5. The molecular weight excluding hydrogens is 408 g/mol. The lowest BCUT2D eigenvalue weighted by Crippen LogP contribution is -2.28. The number of aromatic nitrogens is 1. The van der Waals surface area contributed by atoms with Gasteiger partial charge in [-0.1, -0.05) is 30.3 Å². The Labute approximate surface area is 175 Å². The molecule has 0 aliphatic carbocycles. The number of benzene rings is 2. The summed E-state index contributed by atoms with van der Waals surface area (Å²) in [6.07, 6.45) is 0. The number of nitrogens with one attached hydrogen (secondary N) is 3. The Morgan fingerprint density at radius 3 is 2.43 bits per heavy atom. The Bertz CT molecular complexity index is 1020. The summed E-state index contributed by atoms with van der Waals surface area (Å²) in [6.45, 7) is -0.0726. The molecule has 4 N–H and O–H groups in total. The lowest BCUT2D eigenvalue weighted by Gasteiger charge is -2.06. The van der Waals surface area contributed by atoms with E-state index in [1.54, 1.807) is 24.3 Å². The molecule has 0 saturated carbocycles. The summed E-state index contributed by atoms with van der Waals surface area (Å²) >= 11 is 1.13. The monoisotopic (exact) mass is 426 g/mol. The van der Waals surface area contributed by atoms with E-state index in [0.29, 0.717) is 23.1 Å². The third-order valence-corrected chi connectivity index (χ3v) is 4.49. The second-order valence-corrected chi connectivity index (χ2v) is 6.85. The molecule has 0 atom stereocenters. The van der Waals surface area contributed by atoms with Gasteiger partial charge in [0.1, 0.15) is 11.4 Å². The van der Waals surface area contributed by atoms with Crippen molar-refractivity contribution < 1.29 is 24.2 Å². The van der Waals surface area contributed by atoms with Gasteiger partial charge < -0.3 is 20.5 Å². The fraction of sp³-hybridized carbons (Fsp3) is 0.100. The van der Waals surface area contributed by atoms with Gasteiger partial charge in [-0.2, -0.15) is 0 Å². The number of aliphatic carboxylic acids is 1. The molecule has 154 valence electrons. The van der Waals surface area contributed by atoms with Crippen LogP contribution in [-0.2, 0) is 11.3 Å². The van der Waals surface area contributed by atoms with Crippen molar-refractivity contribution in [2.75, 3.05) is 17.2 Å². The van der Waals surface area contributed by atoms with Crippen LogP contribution in [-0.4, -0.2) is 34.6 Å². The molecule has 0 aliphatic heterocycles. The van der Waals surface area contributed by atoms with E-state index in [2.05, 4.69) is 20.9 Å². The molecule has 10 heteroatoms. The number of hydrogen-bond donors (Lipinski definition) is 4. The normalized spacial score (nSPS) is 10.1. The van der Waals surface area contributed by atoms with Crippen molar-refractivity contribution in [3.63, 3.8) is 0 Å². The molecule has 30 heavy (non-hydrogen) atoms. The number of carboxylic acids is 1. The van der Waals surface area contributed by atoms with Crippen LogP contribution in [0.15, 0.2) is 60.0 Å². The second kappa shape index (κ2) is 10.0. The van der Waals surface area contributed by atoms with Crippen LogP contribution in [0.25, 0.3) is 0 Å². The van der Waals surface area contributed by atoms with Gasteiger partial charge in [0.2, 0.25) is 0 Å². The first-order valence-electron chi connectivity index (χ1n) is 8.80. The highest BCUT2D eigenvalue weighted by Crippen LogP contribution is 2.19. The summed E-state index contributed by atoms with van der Waals surface area (Å²) in [5, 5.41) is 18.4. The Balaban J connectivity index is 1.49. The summed E-state index contributed by atoms with van der Waals surface area (Å²) in [5.41, 5.74) is 1.61. The molecule has 0 saturated heterocycles. The van der Waals surface area contributed by atoms with Crippen molar-refractivity contribution >= 4 is 40.1 Å². The van der Waals surface area contributed by atoms with Gasteiger partial charge in [0.15, 0.2) is 11.7 Å². The second-order valence-electron chi connectivity index (χ2n) is 5.99. The van der Waals surface area contributed by atoms with E-state index in [1.165, 1.54) is 5.38 Å². The first kappa shape index (κ1) is 20.8.